The van der Waals surface area contributed by atoms with Gasteiger partial charge in [-0.1, -0.05) is 43.8 Å². The van der Waals surface area contributed by atoms with Crippen LogP contribution < -0.4 is 10.5 Å². The highest BCUT2D eigenvalue weighted by molar-refractivity contribution is 8.00. The van der Waals surface area contributed by atoms with Crippen LogP contribution in [0.2, 0.25) is 0 Å². The monoisotopic (exact) mass is 460 g/mol. The van der Waals surface area contributed by atoms with Gasteiger partial charge in [-0.3, -0.25) is 4.79 Å². The van der Waals surface area contributed by atoms with Gasteiger partial charge in [0.25, 0.3) is 0 Å². The van der Waals surface area contributed by atoms with E-state index >= 15 is 0 Å². The second-order valence-corrected chi connectivity index (χ2v) is 10.3. The number of aromatic nitrogens is 2. The first kappa shape index (κ1) is 23.3. The number of nitrogens with one attached hydrogen (secondary N) is 1. The SMILES string of the molecule is CC[C@@H](C)c1ccccc1NC(=O)[C@H](C)Sc1nc2cc(S(N)(=O)=O)ccc2n1CC. The number of aryl methyl sites for hydroxylation is 1. The maximum absolute atomic E-state index is 12.9. The van der Waals surface area contributed by atoms with E-state index in [1.807, 2.05) is 42.7 Å². The van der Waals surface area contributed by atoms with E-state index in [2.05, 4.69) is 24.1 Å². The number of benzene rings is 2. The Hall–Kier alpha value is -2.36. The summed E-state index contributed by atoms with van der Waals surface area (Å²) in [5.41, 5.74) is 3.28. The predicted molar refractivity (Wildman–Crippen MR) is 126 cm³/mol. The van der Waals surface area contributed by atoms with E-state index in [1.165, 1.54) is 23.9 Å². The van der Waals surface area contributed by atoms with E-state index in [4.69, 9.17) is 5.14 Å². The number of thioether (sulfide) groups is 1. The Morgan fingerprint density at radius 3 is 2.55 bits per heavy atom. The van der Waals surface area contributed by atoms with Crippen molar-refractivity contribution in [2.75, 3.05) is 5.32 Å². The van der Waals surface area contributed by atoms with E-state index in [-0.39, 0.29) is 10.8 Å². The fourth-order valence-electron chi connectivity index (χ4n) is 3.37. The number of rotatable bonds is 8. The van der Waals surface area contributed by atoms with Gasteiger partial charge in [0.1, 0.15) is 0 Å². The molecule has 0 aliphatic heterocycles. The molecular weight excluding hydrogens is 432 g/mol. The van der Waals surface area contributed by atoms with Crippen LogP contribution in [0.3, 0.4) is 0 Å². The van der Waals surface area contributed by atoms with E-state index in [0.29, 0.717) is 23.1 Å². The number of fused-ring (bicyclic) bond motifs is 1. The van der Waals surface area contributed by atoms with Gasteiger partial charge < -0.3 is 9.88 Å². The molecule has 0 radical (unpaired) electrons. The molecule has 1 heterocycles. The first-order valence-corrected chi connectivity index (χ1v) is 12.7. The summed E-state index contributed by atoms with van der Waals surface area (Å²) in [6, 6.07) is 12.5. The largest absolute Gasteiger partial charge is 0.325 e. The highest BCUT2D eigenvalue weighted by Gasteiger charge is 2.21. The first-order chi connectivity index (χ1) is 14.7. The number of carbonyl (C=O) groups is 1. The van der Waals surface area contributed by atoms with Gasteiger partial charge >= 0.3 is 0 Å². The van der Waals surface area contributed by atoms with Gasteiger partial charge in [-0.15, -0.1) is 0 Å². The minimum Gasteiger partial charge on any atom is -0.325 e. The number of nitrogens with two attached hydrogens (primary N) is 1. The van der Waals surface area contributed by atoms with Crippen LogP contribution >= 0.6 is 11.8 Å². The topological polar surface area (TPSA) is 107 Å². The lowest BCUT2D eigenvalue weighted by Gasteiger charge is -2.17. The Labute approximate surface area is 187 Å². The maximum atomic E-state index is 12.9. The van der Waals surface area contributed by atoms with Crippen LogP contribution in [0.1, 0.15) is 45.6 Å². The lowest BCUT2D eigenvalue weighted by Crippen LogP contribution is -2.23. The Balaban J connectivity index is 1.84. The molecule has 0 unspecified atom stereocenters. The number of sulfonamides is 1. The van der Waals surface area contributed by atoms with Gasteiger partial charge in [0, 0.05) is 12.2 Å². The quantitative estimate of drug-likeness (QED) is 0.486. The smallest absolute Gasteiger partial charge is 0.238 e. The number of carbonyl (C=O) groups excluding carboxylic acids is 1. The summed E-state index contributed by atoms with van der Waals surface area (Å²) in [7, 11) is -3.81. The summed E-state index contributed by atoms with van der Waals surface area (Å²) >= 11 is 1.34. The van der Waals surface area contributed by atoms with Crippen molar-refractivity contribution in [3.8, 4) is 0 Å². The van der Waals surface area contributed by atoms with Crippen molar-refractivity contribution in [1.29, 1.82) is 0 Å². The van der Waals surface area contributed by atoms with Gasteiger partial charge in [-0.05, 0) is 56.0 Å². The number of nitrogens with zero attached hydrogens (tertiary/aromatic N) is 2. The molecule has 1 amide bonds. The van der Waals surface area contributed by atoms with Crippen molar-refractivity contribution in [2.24, 2.45) is 5.14 Å². The summed E-state index contributed by atoms with van der Waals surface area (Å²) in [6.45, 7) is 8.71. The van der Waals surface area contributed by atoms with Gasteiger partial charge in [-0.25, -0.2) is 18.5 Å². The van der Waals surface area contributed by atoms with Crippen LogP contribution in [0.15, 0.2) is 52.5 Å². The van der Waals surface area contributed by atoms with Gasteiger partial charge in [0.05, 0.1) is 21.2 Å². The zero-order chi connectivity index (χ0) is 22.8. The average Bonchev–Trinajstić information content (AvgIpc) is 3.08. The molecule has 2 aromatic carbocycles. The highest BCUT2D eigenvalue weighted by Crippen LogP contribution is 2.30. The standard InChI is InChI=1S/C22H28N4O3S2/c1-5-14(3)17-9-7-8-10-18(17)24-21(27)15(4)30-22-25-19-13-16(31(23,28)29)11-12-20(19)26(22)6-2/h7-15H,5-6H2,1-4H3,(H,24,27)(H2,23,28,29)/t14-,15+/m1/s1. The molecule has 1 aromatic heterocycles. The molecule has 3 N–H and O–H groups in total. The number of imidazole rings is 1. The molecule has 0 fully saturated rings. The van der Waals surface area contributed by atoms with Crippen LogP contribution in [0.5, 0.6) is 0 Å². The van der Waals surface area contributed by atoms with Crippen molar-refractivity contribution < 1.29 is 13.2 Å². The summed E-state index contributed by atoms with van der Waals surface area (Å²) in [5.74, 6) is 0.234. The zero-order valence-corrected chi connectivity index (χ0v) is 19.8. The molecule has 3 rings (SSSR count). The second-order valence-electron chi connectivity index (χ2n) is 7.48. The van der Waals surface area contributed by atoms with Crippen LogP contribution in [0.4, 0.5) is 5.69 Å². The normalized spacial score (nSPS) is 13.8. The molecule has 3 aromatic rings. The molecule has 0 aliphatic rings. The van der Waals surface area contributed by atoms with E-state index in [0.717, 1.165) is 23.2 Å². The predicted octanol–water partition coefficient (Wildman–Crippen LogP) is 4.34. The second kappa shape index (κ2) is 9.42. The van der Waals surface area contributed by atoms with Crippen molar-refractivity contribution in [1.82, 2.24) is 9.55 Å². The van der Waals surface area contributed by atoms with Crippen molar-refractivity contribution >= 4 is 44.4 Å². The molecule has 31 heavy (non-hydrogen) atoms. The molecule has 0 saturated heterocycles. The van der Waals surface area contributed by atoms with Gasteiger partial charge in [0.2, 0.25) is 15.9 Å². The number of hydrogen-bond acceptors (Lipinski definition) is 5. The molecule has 7 nitrogen and oxygen atoms in total. The third kappa shape index (κ3) is 5.11. The molecule has 0 saturated carbocycles. The number of para-hydroxylation sites is 1. The molecular formula is C22H28N4O3S2. The van der Waals surface area contributed by atoms with Crippen LogP contribution in [0, 0.1) is 0 Å². The van der Waals surface area contributed by atoms with Crippen LogP contribution in [0.25, 0.3) is 11.0 Å². The Kier molecular flexibility index (Phi) is 7.08. The van der Waals surface area contributed by atoms with Crippen LogP contribution in [-0.2, 0) is 21.4 Å². The maximum Gasteiger partial charge on any atom is 0.238 e. The fourth-order valence-corrected chi connectivity index (χ4v) is 4.89. The van der Waals surface area contributed by atoms with Crippen molar-refractivity contribution in [3.05, 3.63) is 48.0 Å². The summed E-state index contributed by atoms with van der Waals surface area (Å²) in [4.78, 5) is 17.5. The fraction of sp³-hybridized carbons (Fsp3) is 0.364. The first-order valence-electron chi connectivity index (χ1n) is 10.2. The zero-order valence-electron chi connectivity index (χ0n) is 18.1. The molecule has 9 heteroatoms. The van der Waals surface area contributed by atoms with E-state index < -0.39 is 15.3 Å². The lowest BCUT2D eigenvalue weighted by molar-refractivity contribution is -0.115. The number of hydrogen-bond donors (Lipinski definition) is 2. The molecule has 2 atom stereocenters. The third-order valence-electron chi connectivity index (χ3n) is 5.34. The van der Waals surface area contributed by atoms with E-state index in [9.17, 15) is 13.2 Å². The Bertz CT molecular complexity index is 1200. The minimum atomic E-state index is -3.81. The number of primary sulfonamides is 1. The summed E-state index contributed by atoms with van der Waals surface area (Å²) in [5, 5.41) is 8.55. The number of amides is 1. The highest BCUT2D eigenvalue weighted by atomic mass is 32.2. The lowest BCUT2D eigenvalue weighted by atomic mass is 9.97. The average molecular weight is 461 g/mol. The summed E-state index contributed by atoms with van der Waals surface area (Å²) < 4.78 is 25.3. The molecule has 0 bridgehead atoms. The van der Waals surface area contributed by atoms with Crippen LogP contribution in [-0.4, -0.2) is 29.1 Å². The number of anilines is 1. The molecule has 0 spiro atoms. The van der Waals surface area contributed by atoms with Gasteiger partial charge in [-0.2, -0.15) is 0 Å². The third-order valence-corrected chi connectivity index (χ3v) is 7.34. The van der Waals surface area contributed by atoms with Crippen molar-refractivity contribution in [2.45, 2.75) is 61.9 Å². The summed E-state index contributed by atoms with van der Waals surface area (Å²) in [6.07, 6.45) is 0.984. The van der Waals surface area contributed by atoms with Crippen molar-refractivity contribution in [3.63, 3.8) is 0 Å². The molecule has 0 aliphatic carbocycles. The molecule has 166 valence electrons. The Morgan fingerprint density at radius 2 is 1.90 bits per heavy atom. The van der Waals surface area contributed by atoms with Gasteiger partial charge in [0.15, 0.2) is 5.16 Å². The Morgan fingerprint density at radius 1 is 1.19 bits per heavy atom. The van der Waals surface area contributed by atoms with E-state index in [1.54, 1.807) is 6.07 Å². The minimum absolute atomic E-state index is 0.0183.